The number of rotatable bonds is 4. The molecule has 4 nitrogen and oxygen atoms in total. The van der Waals surface area contributed by atoms with Crippen LogP contribution in [0.15, 0.2) is 34.9 Å². The predicted molar refractivity (Wildman–Crippen MR) is 75.7 cm³/mol. The Hall–Kier alpha value is -1.59. The van der Waals surface area contributed by atoms with Gasteiger partial charge in [-0.1, -0.05) is 6.07 Å². The number of nitrogens with zero attached hydrogens (tertiary/aromatic N) is 1. The van der Waals surface area contributed by atoms with E-state index in [1.165, 1.54) is 0 Å². The number of aliphatic hydroxyl groups excluding tert-OH is 1. The monoisotopic (exact) mass is 323 g/mol. The van der Waals surface area contributed by atoms with Gasteiger partial charge < -0.3 is 14.6 Å². The number of benzene rings is 1. The molecule has 2 aromatic rings. The summed E-state index contributed by atoms with van der Waals surface area (Å²) >= 11 is 3.41. The van der Waals surface area contributed by atoms with Crippen molar-refractivity contribution >= 4 is 15.9 Å². The molecule has 1 aromatic carbocycles. The number of aromatic nitrogens is 1. The van der Waals surface area contributed by atoms with Crippen LogP contribution in [0.2, 0.25) is 0 Å². The summed E-state index contributed by atoms with van der Waals surface area (Å²) in [6, 6.07) is 7.19. The second kappa shape index (κ2) is 6.04. The first-order valence-electron chi connectivity index (χ1n) is 5.72. The van der Waals surface area contributed by atoms with Gasteiger partial charge in [-0.05, 0) is 52.2 Å². The summed E-state index contributed by atoms with van der Waals surface area (Å²) in [6.45, 7) is 1.92. The molecule has 0 radical (unpaired) electrons. The number of halogens is 1. The molecular formula is C14H14BrNO3. The van der Waals surface area contributed by atoms with Gasteiger partial charge in [-0.25, -0.2) is 4.98 Å². The Labute approximate surface area is 120 Å². The Morgan fingerprint density at radius 2 is 2.05 bits per heavy atom. The first-order valence-corrected chi connectivity index (χ1v) is 6.51. The third kappa shape index (κ3) is 3.24. The maximum atomic E-state index is 9.10. The molecule has 2 rings (SSSR count). The Morgan fingerprint density at radius 3 is 2.68 bits per heavy atom. The highest BCUT2D eigenvalue weighted by molar-refractivity contribution is 9.10. The van der Waals surface area contributed by atoms with Crippen molar-refractivity contribution in [1.82, 2.24) is 4.98 Å². The topological polar surface area (TPSA) is 51.6 Å². The van der Waals surface area contributed by atoms with Gasteiger partial charge in [-0.2, -0.15) is 0 Å². The molecule has 0 unspecified atom stereocenters. The first-order chi connectivity index (χ1) is 9.13. The quantitative estimate of drug-likeness (QED) is 0.936. The van der Waals surface area contributed by atoms with E-state index >= 15 is 0 Å². The van der Waals surface area contributed by atoms with Crippen LogP contribution < -0.4 is 9.47 Å². The zero-order chi connectivity index (χ0) is 13.8. The molecule has 19 heavy (non-hydrogen) atoms. The van der Waals surface area contributed by atoms with Gasteiger partial charge in [-0.3, -0.25) is 0 Å². The van der Waals surface area contributed by atoms with Crippen LogP contribution in [0, 0.1) is 6.92 Å². The molecule has 0 aliphatic heterocycles. The van der Waals surface area contributed by atoms with E-state index in [0.29, 0.717) is 17.4 Å². The highest BCUT2D eigenvalue weighted by Crippen LogP contribution is 2.34. The molecule has 0 atom stereocenters. The molecule has 0 aliphatic carbocycles. The van der Waals surface area contributed by atoms with E-state index in [9.17, 15) is 0 Å². The molecule has 0 saturated carbocycles. The number of hydrogen-bond acceptors (Lipinski definition) is 4. The second-order valence-corrected chi connectivity index (χ2v) is 4.90. The van der Waals surface area contributed by atoms with Gasteiger partial charge >= 0.3 is 0 Å². The molecule has 0 saturated heterocycles. The molecule has 1 aromatic heterocycles. The summed E-state index contributed by atoms with van der Waals surface area (Å²) < 4.78 is 11.7. The lowest BCUT2D eigenvalue weighted by Gasteiger charge is -2.11. The summed E-state index contributed by atoms with van der Waals surface area (Å²) in [4.78, 5) is 4.22. The minimum atomic E-state index is -0.0386. The molecule has 1 heterocycles. The number of aliphatic hydroxyl groups is 1. The van der Waals surface area contributed by atoms with Crippen LogP contribution >= 0.6 is 15.9 Å². The third-order valence-electron chi connectivity index (χ3n) is 2.56. The van der Waals surface area contributed by atoms with Crippen molar-refractivity contribution < 1.29 is 14.6 Å². The number of ether oxygens (including phenoxy) is 2. The largest absolute Gasteiger partial charge is 0.493 e. The number of methoxy groups -OCH3 is 1. The number of aryl methyl sites for hydroxylation is 1. The molecular weight excluding hydrogens is 310 g/mol. The van der Waals surface area contributed by atoms with E-state index in [0.717, 1.165) is 15.6 Å². The van der Waals surface area contributed by atoms with Crippen molar-refractivity contribution in [3.8, 4) is 17.4 Å². The number of hydrogen-bond donors (Lipinski definition) is 1. The zero-order valence-electron chi connectivity index (χ0n) is 10.7. The summed E-state index contributed by atoms with van der Waals surface area (Å²) in [5, 5.41) is 9.10. The van der Waals surface area contributed by atoms with E-state index in [1.54, 1.807) is 31.5 Å². The smallest absolute Gasteiger partial charge is 0.233 e. The average molecular weight is 324 g/mol. The SMILES string of the molecule is COc1cc(CO)ccc1Oc1ncc(C)cc1Br. The van der Waals surface area contributed by atoms with Gasteiger partial charge in [0, 0.05) is 6.20 Å². The van der Waals surface area contributed by atoms with Crippen molar-refractivity contribution in [2.24, 2.45) is 0 Å². The minimum Gasteiger partial charge on any atom is -0.493 e. The highest BCUT2D eigenvalue weighted by atomic mass is 79.9. The van der Waals surface area contributed by atoms with Crippen LogP contribution in [0.5, 0.6) is 17.4 Å². The fourth-order valence-electron chi connectivity index (χ4n) is 1.59. The molecule has 0 fully saturated rings. The van der Waals surface area contributed by atoms with Crippen LogP contribution in [-0.4, -0.2) is 17.2 Å². The number of pyridine rings is 1. The molecule has 100 valence electrons. The molecule has 5 heteroatoms. The summed E-state index contributed by atoms with van der Waals surface area (Å²) in [7, 11) is 1.56. The third-order valence-corrected chi connectivity index (χ3v) is 3.13. The van der Waals surface area contributed by atoms with Crippen LogP contribution in [0.4, 0.5) is 0 Å². The molecule has 1 N–H and O–H groups in total. The maximum absolute atomic E-state index is 9.10. The van der Waals surface area contributed by atoms with Crippen molar-refractivity contribution in [3.63, 3.8) is 0 Å². The fourth-order valence-corrected chi connectivity index (χ4v) is 2.14. The normalized spacial score (nSPS) is 10.3. The van der Waals surface area contributed by atoms with Gasteiger partial charge in [-0.15, -0.1) is 0 Å². The second-order valence-electron chi connectivity index (χ2n) is 4.05. The van der Waals surface area contributed by atoms with Gasteiger partial charge in [0.15, 0.2) is 11.5 Å². The van der Waals surface area contributed by atoms with Gasteiger partial charge in [0.1, 0.15) is 0 Å². The molecule has 0 aliphatic rings. The van der Waals surface area contributed by atoms with Crippen molar-refractivity contribution in [2.75, 3.05) is 7.11 Å². The Kier molecular flexibility index (Phi) is 4.39. The lowest BCUT2D eigenvalue weighted by Crippen LogP contribution is -1.95. The van der Waals surface area contributed by atoms with Crippen LogP contribution in [-0.2, 0) is 6.61 Å². The first kappa shape index (κ1) is 13.8. The standard InChI is InChI=1S/C14H14BrNO3/c1-9-5-11(15)14(16-7-9)19-12-4-3-10(8-17)6-13(12)18-2/h3-7,17H,8H2,1-2H3. The van der Waals surface area contributed by atoms with Crippen molar-refractivity contribution in [1.29, 1.82) is 0 Å². The Balaban J connectivity index is 2.32. The van der Waals surface area contributed by atoms with E-state index < -0.39 is 0 Å². The zero-order valence-corrected chi connectivity index (χ0v) is 12.3. The Morgan fingerprint density at radius 1 is 1.26 bits per heavy atom. The lowest BCUT2D eigenvalue weighted by atomic mass is 10.2. The van der Waals surface area contributed by atoms with Gasteiger partial charge in [0.2, 0.25) is 5.88 Å². The van der Waals surface area contributed by atoms with E-state index in [4.69, 9.17) is 14.6 Å². The van der Waals surface area contributed by atoms with Crippen molar-refractivity contribution in [3.05, 3.63) is 46.1 Å². The van der Waals surface area contributed by atoms with Gasteiger partial charge in [0.05, 0.1) is 18.2 Å². The van der Waals surface area contributed by atoms with E-state index in [1.807, 2.05) is 13.0 Å². The lowest BCUT2D eigenvalue weighted by molar-refractivity contribution is 0.280. The Bertz CT molecular complexity index is 587. The van der Waals surface area contributed by atoms with Crippen LogP contribution in [0.25, 0.3) is 0 Å². The average Bonchev–Trinajstić information content (AvgIpc) is 2.42. The predicted octanol–water partition coefficient (Wildman–Crippen LogP) is 3.45. The molecule has 0 bridgehead atoms. The summed E-state index contributed by atoms with van der Waals surface area (Å²) in [6.07, 6.45) is 1.73. The van der Waals surface area contributed by atoms with E-state index in [2.05, 4.69) is 20.9 Å². The van der Waals surface area contributed by atoms with E-state index in [-0.39, 0.29) is 6.61 Å². The molecule has 0 amide bonds. The summed E-state index contributed by atoms with van der Waals surface area (Å²) in [5.74, 6) is 1.58. The minimum absolute atomic E-state index is 0.0386. The maximum Gasteiger partial charge on any atom is 0.233 e. The van der Waals surface area contributed by atoms with Crippen LogP contribution in [0.1, 0.15) is 11.1 Å². The molecule has 0 spiro atoms. The van der Waals surface area contributed by atoms with Gasteiger partial charge in [0.25, 0.3) is 0 Å². The van der Waals surface area contributed by atoms with Crippen molar-refractivity contribution in [2.45, 2.75) is 13.5 Å². The summed E-state index contributed by atoms with van der Waals surface area (Å²) in [5.41, 5.74) is 1.81. The van der Waals surface area contributed by atoms with Crippen LogP contribution in [0.3, 0.4) is 0 Å². The fraction of sp³-hybridized carbons (Fsp3) is 0.214. The highest BCUT2D eigenvalue weighted by Gasteiger charge is 2.10.